The van der Waals surface area contributed by atoms with E-state index in [0.717, 1.165) is 5.75 Å². The minimum absolute atomic E-state index is 0.0614. The third kappa shape index (κ3) is 4.50. The first-order valence-corrected chi connectivity index (χ1v) is 11.4. The molecule has 2 aromatic carbocycles. The first-order valence-electron chi connectivity index (χ1n) is 9.97. The second-order valence-corrected chi connectivity index (χ2v) is 8.31. The predicted molar refractivity (Wildman–Crippen MR) is 124 cm³/mol. The van der Waals surface area contributed by atoms with Gasteiger partial charge in [0.15, 0.2) is 0 Å². The van der Waals surface area contributed by atoms with Crippen LogP contribution in [0.25, 0.3) is 10.8 Å². The number of H-pyrrole nitrogens is 1. The number of carbonyl (C=O) groups excluding carboxylic acids is 3. The van der Waals surface area contributed by atoms with Gasteiger partial charge in [0, 0.05) is 11.1 Å². The summed E-state index contributed by atoms with van der Waals surface area (Å²) in [6.07, 6.45) is 2.40. The fourth-order valence-corrected chi connectivity index (χ4v) is 4.01. The molecule has 9 nitrogen and oxygen atoms in total. The molecule has 32 heavy (non-hydrogen) atoms. The summed E-state index contributed by atoms with van der Waals surface area (Å²) in [7, 11) is 0. The van der Waals surface area contributed by atoms with Crippen LogP contribution in [0.5, 0.6) is 0 Å². The Balaban J connectivity index is 1.52. The van der Waals surface area contributed by atoms with Gasteiger partial charge in [-0.25, -0.2) is 5.10 Å². The third-order valence-corrected chi connectivity index (χ3v) is 5.79. The number of nitrogens with zero attached hydrogens (tertiary/aromatic N) is 1. The number of aromatic amines is 1. The molecule has 2 heterocycles. The van der Waals surface area contributed by atoms with Crippen LogP contribution in [0.1, 0.15) is 22.5 Å². The Morgan fingerprint density at radius 3 is 2.69 bits per heavy atom. The minimum Gasteiger partial charge on any atom is -0.340 e. The number of anilines is 2. The molecule has 0 aliphatic carbocycles. The summed E-state index contributed by atoms with van der Waals surface area (Å²) in [4.78, 5) is 49.6. The number of benzene rings is 2. The smallest absolute Gasteiger partial charge is 0.272 e. The number of hydrogen-bond donors (Lipinski definition) is 4. The van der Waals surface area contributed by atoms with Crippen molar-refractivity contribution in [2.75, 3.05) is 22.6 Å². The van der Waals surface area contributed by atoms with Crippen molar-refractivity contribution in [3.8, 4) is 0 Å². The molecular formula is C22H21N5O4S. The topological polar surface area (TPSA) is 133 Å². The molecule has 0 saturated heterocycles. The molecule has 10 heteroatoms. The Labute approximate surface area is 187 Å². The van der Waals surface area contributed by atoms with Crippen molar-refractivity contribution in [1.29, 1.82) is 0 Å². The summed E-state index contributed by atoms with van der Waals surface area (Å²) in [5.74, 6) is -0.262. The van der Waals surface area contributed by atoms with Gasteiger partial charge in [-0.15, -0.1) is 0 Å². The van der Waals surface area contributed by atoms with Crippen LogP contribution in [0.2, 0.25) is 0 Å². The van der Waals surface area contributed by atoms with Crippen molar-refractivity contribution in [2.24, 2.45) is 0 Å². The minimum atomic E-state index is -0.611. The lowest BCUT2D eigenvalue weighted by Crippen LogP contribution is -2.41. The van der Waals surface area contributed by atoms with E-state index in [2.05, 4.69) is 26.1 Å². The molecule has 1 atom stereocenters. The number of fused-ring (bicyclic) bond motifs is 2. The van der Waals surface area contributed by atoms with Gasteiger partial charge in [-0.05, 0) is 42.7 Å². The first kappa shape index (κ1) is 21.6. The summed E-state index contributed by atoms with van der Waals surface area (Å²) in [5, 5.41) is 15.7. The van der Waals surface area contributed by atoms with E-state index in [1.165, 1.54) is 6.07 Å². The van der Waals surface area contributed by atoms with Crippen molar-refractivity contribution in [3.05, 3.63) is 64.1 Å². The number of rotatable bonds is 6. The molecule has 164 valence electrons. The molecule has 4 N–H and O–H groups in total. The van der Waals surface area contributed by atoms with E-state index in [-0.39, 0.29) is 35.3 Å². The third-order valence-electron chi connectivity index (χ3n) is 5.14. The quantitative estimate of drug-likeness (QED) is 0.453. The van der Waals surface area contributed by atoms with Crippen LogP contribution in [0.4, 0.5) is 11.4 Å². The molecule has 4 rings (SSSR count). The summed E-state index contributed by atoms with van der Waals surface area (Å²) < 4.78 is 0. The van der Waals surface area contributed by atoms with Crippen LogP contribution in [0, 0.1) is 0 Å². The SMILES string of the molecule is CSCCC1NC(=O)c2cc(NC(=O)Cc3n[nH]c(=O)c4ccccc34)ccc2NC1=O. The van der Waals surface area contributed by atoms with E-state index < -0.39 is 6.04 Å². The highest BCUT2D eigenvalue weighted by Gasteiger charge is 2.27. The number of nitrogens with one attached hydrogen (secondary N) is 4. The Hall–Kier alpha value is -3.66. The zero-order chi connectivity index (χ0) is 22.7. The highest BCUT2D eigenvalue weighted by molar-refractivity contribution is 7.98. The number of thioether (sulfide) groups is 1. The molecular weight excluding hydrogens is 430 g/mol. The molecule has 0 saturated carbocycles. The van der Waals surface area contributed by atoms with Crippen LogP contribution in [-0.2, 0) is 16.0 Å². The number of amides is 3. The molecule has 0 bridgehead atoms. The van der Waals surface area contributed by atoms with Gasteiger partial charge in [0.1, 0.15) is 6.04 Å². The average Bonchev–Trinajstić information content (AvgIpc) is 2.90. The maximum absolute atomic E-state index is 12.7. The number of carbonyl (C=O) groups is 3. The number of hydrogen-bond acceptors (Lipinski definition) is 6. The Kier molecular flexibility index (Phi) is 6.22. The van der Waals surface area contributed by atoms with Crippen LogP contribution in [-0.4, -0.2) is 46.0 Å². The Morgan fingerprint density at radius 2 is 1.91 bits per heavy atom. The monoisotopic (exact) mass is 451 g/mol. The van der Waals surface area contributed by atoms with Gasteiger partial charge >= 0.3 is 0 Å². The number of aromatic nitrogens is 2. The summed E-state index contributed by atoms with van der Waals surface area (Å²) in [6.45, 7) is 0. The van der Waals surface area contributed by atoms with Crippen LogP contribution in [0.15, 0.2) is 47.3 Å². The molecule has 1 aliphatic heterocycles. The van der Waals surface area contributed by atoms with E-state index in [9.17, 15) is 19.2 Å². The Bertz CT molecular complexity index is 1270. The zero-order valence-corrected chi connectivity index (χ0v) is 18.0. The van der Waals surface area contributed by atoms with Gasteiger partial charge in [-0.3, -0.25) is 19.2 Å². The highest BCUT2D eigenvalue weighted by atomic mass is 32.2. The zero-order valence-electron chi connectivity index (χ0n) is 17.2. The van der Waals surface area contributed by atoms with Crippen molar-refractivity contribution in [1.82, 2.24) is 15.5 Å². The molecule has 1 aromatic heterocycles. The van der Waals surface area contributed by atoms with Crippen molar-refractivity contribution in [3.63, 3.8) is 0 Å². The van der Waals surface area contributed by atoms with Gasteiger partial charge in [0.2, 0.25) is 11.8 Å². The van der Waals surface area contributed by atoms with E-state index in [1.54, 1.807) is 48.2 Å². The van der Waals surface area contributed by atoms with Gasteiger partial charge < -0.3 is 16.0 Å². The van der Waals surface area contributed by atoms with Gasteiger partial charge in [0.25, 0.3) is 11.5 Å². The highest BCUT2D eigenvalue weighted by Crippen LogP contribution is 2.24. The summed E-state index contributed by atoms with van der Waals surface area (Å²) in [6, 6.07) is 11.0. The molecule has 0 fully saturated rings. The summed E-state index contributed by atoms with van der Waals surface area (Å²) >= 11 is 1.60. The average molecular weight is 452 g/mol. The second-order valence-electron chi connectivity index (χ2n) is 7.33. The lowest BCUT2D eigenvalue weighted by Gasteiger charge is -2.13. The molecule has 1 unspecified atom stereocenters. The van der Waals surface area contributed by atoms with Gasteiger partial charge in [-0.2, -0.15) is 16.9 Å². The van der Waals surface area contributed by atoms with E-state index in [1.807, 2.05) is 6.26 Å². The molecule has 3 amide bonds. The lowest BCUT2D eigenvalue weighted by atomic mass is 10.1. The van der Waals surface area contributed by atoms with Gasteiger partial charge in [-0.1, -0.05) is 18.2 Å². The largest absolute Gasteiger partial charge is 0.340 e. The van der Waals surface area contributed by atoms with E-state index in [0.29, 0.717) is 34.3 Å². The standard InChI is InChI=1S/C22H21N5O4S/c1-32-9-8-17-22(31)24-16-7-6-12(10-15(16)20(29)25-17)23-19(28)11-18-13-4-2-3-5-14(13)21(30)27-26-18/h2-7,10,17H,8-9,11H2,1H3,(H,23,28)(H,24,31)(H,25,29)(H,27,30). The fraction of sp³-hybridized carbons (Fsp3) is 0.227. The molecule has 1 aliphatic rings. The van der Waals surface area contributed by atoms with Crippen LogP contribution >= 0.6 is 11.8 Å². The van der Waals surface area contributed by atoms with Gasteiger partial charge in [0.05, 0.1) is 28.8 Å². The first-order chi connectivity index (χ1) is 15.5. The summed E-state index contributed by atoms with van der Waals surface area (Å²) in [5.41, 5.74) is 1.20. The normalized spacial score (nSPS) is 15.5. The van der Waals surface area contributed by atoms with Crippen molar-refractivity contribution >= 4 is 51.6 Å². The van der Waals surface area contributed by atoms with Crippen LogP contribution in [0.3, 0.4) is 0 Å². The van der Waals surface area contributed by atoms with E-state index >= 15 is 0 Å². The van der Waals surface area contributed by atoms with E-state index in [4.69, 9.17) is 0 Å². The lowest BCUT2D eigenvalue weighted by molar-refractivity contribution is -0.118. The molecule has 0 spiro atoms. The Morgan fingerprint density at radius 1 is 1.12 bits per heavy atom. The molecule has 0 radical (unpaired) electrons. The van der Waals surface area contributed by atoms with Crippen LogP contribution < -0.4 is 21.5 Å². The molecule has 3 aromatic rings. The maximum atomic E-state index is 12.7. The fourth-order valence-electron chi connectivity index (χ4n) is 3.54. The van der Waals surface area contributed by atoms with Crippen molar-refractivity contribution in [2.45, 2.75) is 18.9 Å². The second kappa shape index (κ2) is 9.23. The van der Waals surface area contributed by atoms with Crippen molar-refractivity contribution < 1.29 is 14.4 Å². The maximum Gasteiger partial charge on any atom is 0.272 e. The predicted octanol–water partition coefficient (Wildman–Crippen LogP) is 1.91.